The van der Waals surface area contributed by atoms with Crippen molar-refractivity contribution < 1.29 is 19.2 Å². The Bertz CT molecular complexity index is 475. The SMILES string of the molecule is CC(C)=NOCCNC(=O)CCN1C(=O)CC(SC(C)C)C1=O. The van der Waals surface area contributed by atoms with Gasteiger partial charge in [0.15, 0.2) is 0 Å². The van der Waals surface area contributed by atoms with E-state index in [4.69, 9.17) is 4.84 Å². The molecule has 23 heavy (non-hydrogen) atoms. The lowest BCUT2D eigenvalue weighted by Crippen LogP contribution is -2.36. The molecule has 0 spiro atoms. The van der Waals surface area contributed by atoms with Crippen LogP contribution in [0, 0.1) is 0 Å². The zero-order valence-corrected chi connectivity index (χ0v) is 14.9. The van der Waals surface area contributed by atoms with Crippen LogP contribution in [-0.4, -0.2) is 58.5 Å². The summed E-state index contributed by atoms with van der Waals surface area (Å²) in [5, 5.41) is 6.39. The van der Waals surface area contributed by atoms with Crippen LogP contribution in [0.5, 0.6) is 0 Å². The molecule has 8 heteroatoms. The van der Waals surface area contributed by atoms with Gasteiger partial charge in [0.05, 0.1) is 17.5 Å². The highest BCUT2D eigenvalue weighted by molar-refractivity contribution is 8.01. The third kappa shape index (κ3) is 7.02. The number of rotatable bonds is 9. The third-order valence-electron chi connectivity index (χ3n) is 2.96. The molecule has 0 aromatic heterocycles. The van der Waals surface area contributed by atoms with Gasteiger partial charge in [-0.05, 0) is 19.1 Å². The van der Waals surface area contributed by atoms with E-state index in [1.807, 2.05) is 27.7 Å². The number of carbonyl (C=O) groups is 3. The first-order valence-electron chi connectivity index (χ1n) is 7.70. The number of thioether (sulfide) groups is 1. The molecule has 1 atom stereocenters. The van der Waals surface area contributed by atoms with Crippen molar-refractivity contribution in [1.29, 1.82) is 0 Å². The molecule has 0 bridgehead atoms. The molecule has 0 radical (unpaired) electrons. The average molecular weight is 343 g/mol. The van der Waals surface area contributed by atoms with Crippen LogP contribution in [0.25, 0.3) is 0 Å². The van der Waals surface area contributed by atoms with Gasteiger partial charge in [-0.3, -0.25) is 19.3 Å². The number of nitrogens with one attached hydrogen (secondary N) is 1. The number of imide groups is 1. The summed E-state index contributed by atoms with van der Waals surface area (Å²) < 4.78 is 0. The van der Waals surface area contributed by atoms with Gasteiger partial charge in [0.2, 0.25) is 17.7 Å². The van der Waals surface area contributed by atoms with Crippen molar-refractivity contribution in [1.82, 2.24) is 10.2 Å². The molecular formula is C15H25N3O4S. The van der Waals surface area contributed by atoms with Gasteiger partial charge in [0.1, 0.15) is 6.61 Å². The monoisotopic (exact) mass is 343 g/mol. The number of nitrogens with zero attached hydrogens (tertiary/aromatic N) is 2. The molecule has 1 unspecified atom stereocenters. The molecule has 0 aromatic carbocycles. The highest BCUT2D eigenvalue weighted by Gasteiger charge is 2.39. The largest absolute Gasteiger partial charge is 0.394 e. The molecule has 1 rings (SSSR count). The normalized spacial score (nSPS) is 17.6. The molecule has 130 valence electrons. The average Bonchev–Trinajstić information content (AvgIpc) is 2.70. The van der Waals surface area contributed by atoms with Crippen LogP contribution in [0.4, 0.5) is 0 Å². The van der Waals surface area contributed by atoms with E-state index in [2.05, 4.69) is 10.5 Å². The van der Waals surface area contributed by atoms with Crippen LogP contribution >= 0.6 is 11.8 Å². The summed E-state index contributed by atoms with van der Waals surface area (Å²) in [6.45, 7) is 8.36. The zero-order chi connectivity index (χ0) is 17.4. The van der Waals surface area contributed by atoms with E-state index in [9.17, 15) is 14.4 Å². The molecule has 3 amide bonds. The predicted molar refractivity (Wildman–Crippen MR) is 90.2 cm³/mol. The topological polar surface area (TPSA) is 88.1 Å². The molecule has 0 aromatic rings. The van der Waals surface area contributed by atoms with Crippen molar-refractivity contribution in [3.8, 4) is 0 Å². The quantitative estimate of drug-likeness (QED) is 0.294. The molecule has 1 aliphatic heterocycles. The van der Waals surface area contributed by atoms with Gasteiger partial charge in [-0.2, -0.15) is 0 Å². The Kier molecular flexibility index (Phi) is 8.08. The fourth-order valence-electron chi connectivity index (χ4n) is 2.04. The Labute approximate surface area is 141 Å². The van der Waals surface area contributed by atoms with Gasteiger partial charge in [0.25, 0.3) is 0 Å². The summed E-state index contributed by atoms with van der Waals surface area (Å²) in [4.78, 5) is 41.9. The van der Waals surface area contributed by atoms with Crippen molar-refractivity contribution in [3.05, 3.63) is 0 Å². The number of hydrogen-bond donors (Lipinski definition) is 1. The fourth-order valence-corrected chi connectivity index (χ4v) is 3.17. The van der Waals surface area contributed by atoms with E-state index < -0.39 is 0 Å². The second kappa shape index (κ2) is 9.54. The minimum atomic E-state index is -0.311. The number of hydrogen-bond acceptors (Lipinski definition) is 6. The van der Waals surface area contributed by atoms with Gasteiger partial charge in [0, 0.05) is 19.4 Å². The van der Waals surface area contributed by atoms with E-state index in [1.54, 1.807) is 0 Å². The fraction of sp³-hybridized carbons (Fsp3) is 0.733. The summed E-state index contributed by atoms with van der Waals surface area (Å²) in [7, 11) is 0. The van der Waals surface area contributed by atoms with E-state index >= 15 is 0 Å². The number of oxime groups is 1. The highest BCUT2D eigenvalue weighted by Crippen LogP contribution is 2.28. The van der Waals surface area contributed by atoms with Crippen molar-refractivity contribution >= 4 is 35.2 Å². The standard InChI is InChI=1S/C15H25N3O4S/c1-10(2)17-22-8-6-16-13(19)5-7-18-14(20)9-12(15(18)21)23-11(3)4/h11-12H,5-9H2,1-4H3,(H,16,19). The highest BCUT2D eigenvalue weighted by atomic mass is 32.2. The summed E-state index contributed by atoms with van der Waals surface area (Å²) in [5.74, 6) is -0.596. The Morgan fingerprint density at radius 3 is 2.74 bits per heavy atom. The maximum atomic E-state index is 12.1. The first-order valence-corrected chi connectivity index (χ1v) is 8.65. The van der Waals surface area contributed by atoms with E-state index in [0.29, 0.717) is 6.54 Å². The third-order valence-corrected chi connectivity index (χ3v) is 4.21. The molecule has 1 N–H and O–H groups in total. The maximum absolute atomic E-state index is 12.1. The number of amides is 3. The van der Waals surface area contributed by atoms with Crippen LogP contribution in [0.3, 0.4) is 0 Å². The molecule has 1 heterocycles. The minimum absolute atomic E-state index is 0.104. The second-order valence-electron chi connectivity index (χ2n) is 5.73. The predicted octanol–water partition coefficient (Wildman–Crippen LogP) is 1.17. The summed E-state index contributed by atoms with van der Waals surface area (Å²) in [5.41, 5.74) is 0.802. The number of likely N-dealkylation sites (tertiary alicyclic amines) is 1. The molecule has 0 aliphatic carbocycles. The molecule has 7 nitrogen and oxygen atoms in total. The molecule has 1 saturated heterocycles. The van der Waals surface area contributed by atoms with Crippen LogP contribution in [0.1, 0.15) is 40.5 Å². The lowest BCUT2D eigenvalue weighted by molar-refractivity contribution is -0.138. The van der Waals surface area contributed by atoms with Crippen LogP contribution in [0.2, 0.25) is 0 Å². The molecule has 1 aliphatic rings. The molecular weight excluding hydrogens is 318 g/mol. The van der Waals surface area contributed by atoms with Crippen LogP contribution in [0.15, 0.2) is 5.16 Å². The van der Waals surface area contributed by atoms with Gasteiger partial charge >= 0.3 is 0 Å². The van der Waals surface area contributed by atoms with Gasteiger partial charge in [-0.1, -0.05) is 19.0 Å². The Morgan fingerprint density at radius 2 is 2.13 bits per heavy atom. The number of carbonyl (C=O) groups excluding carboxylic acids is 3. The Balaban J connectivity index is 2.28. The Hall–Kier alpha value is -1.57. The molecule has 1 fully saturated rings. The lowest BCUT2D eigenvalue weighted by atomic mass is 10.3. The van der Waals surface area contributed by atoms with Gasteiger partial charge in [-0.15, -0.1) is 11.8 Å². The van der Waals surface area contributed by atoms with Gasteiger partial charge < -0.3 is 10.2 Å². The van der Waals surface area contributed by atoms with Crippen molar-refractivity contribution in [3.63, 3.8) is 0 Å². The van der Waals surface area contributed by atoms with E-state index in [-0.39, 0.29) is 54.2 Å². The van der Waals surface area contributed by atoms with Crippen molar-refractivity contribution in [2.45, 2.75) is 51.0 Å². The summed E-state index contributed by atoms with van der Waals surface area (Å²) >= 11 is 1.49. The Morgan fingerprint density at radius 1 is 1.43 bits per heavy atom. The summed E-state index contributed by atoms with van der Waals surface area (Å²) in [6.07, 6.45) is 0.331. The first-order chi connectivity index (χ1) is 10.8. The maximum Gasteiger partial charge on any atom is 0.242 e. The minimum Gasteiger partial charge on any atom is -0.394 e. The smallest absolute Gasteiger partial charge is 0.242 e. The van der Waals surface area contributed by atoms with Crippen molar-refractivity contribution in [2.75, 3.05) is 19.7 Å². The lowest BCUT2D eigenvalue weighted by Gasteiger charge is -2.15. The summed E-state index contributed by atoms with van der Waals surface area (Å²) in [6, 6.07) is 0. The first kappa shape index (κ1) is 19.5. The van der Waals surface area contributed by atoms with Gasteiger partial charge in [-0.25, -0.2) is 0 Å². The van der Waals surface area contributed by atoms with E-state index in [1.165, 1.54) is 16.7 Å². The van der Waals surface area contributed by atoms with Crippen molar-refractivity contribution in [2.24, 2.45) is 5.16 Å². The van der Waals surface area contributed by atoms with Crippen LogP contribution in [-0.2, 0) is 19.2 Å². The molecule has 0 saturated carbocycles. The van der Waals surface area contributed by atoms with E-state index in [0.717, 1.165) is 5.71 Å². The zero-order valence-electron chi connectivity index (χ0n) is 14.1. The van der Waals surface area contributed by atoms with Crippen LogP contribution < -0.4 is 5.32 Å². The second-order valence-corrected chi connectivity index (χ2v) is 7.52.